The van der Waals surface area contributed by atoms with E-state index in [1.54, 1.807) is 19.3 Å². The summed E-state index contributed by atoms with van der Waals surface area (Å²) in [5, 5.41) is -0.271. The molecule has 1 aliphatic heterocycles. The fourth-order valence-electron chi connectivity index (χ4n) is 2.69. The summed E-state index contributed by atoms with van der Waals surface area (Å²) in [5.41, 5.74) is 1.66. The number of rotatable bonds is 6. The zero-order valence-electron chi connectivity index (χ0n) is 14.9. The van der Waals surface area contributed by atoms with Crippen LogP contribution in [0.4, 0.5) is 4.79 Å². The SMILES string of the molecule is CCOc1cc(/C=C2\SC(=O)N(Cc3ccccc3)C2=O)cc(Br)c1OC. The van der Waals surface area contributed by atoms with Crippen molar-refractivity contribution in [3.05, 3.63) is 63.0 Å². The lowest BCUT2D eigenvalue weighted by Crippen LogP contribution is -2.27. The third-order valence-electron chi connectivity index (χ3n) is 3.89. The molecule has 0 aromatic heterocycles. The third kappa shape index (κ3) is 4.36. The van der Waals surface area contributed by atoms with Crippen molar-refractivity contribution in [1.82, 2.24) is 4.90 Å². The minimum atomic E-state index is -0.293. The Hall–Kier alpha value is -2.25. The molecule has 3 rings (SSSR count). The third-order valence-corrected chi connectivity index (χ3v) is 5.39. The number of ether oxygens (including phenoxy) is 2. The Morgan fingerprint density at radius 1 is 1.19 bits per heavy atom. The average Bonchev–Trinajstić information content (AvgIpc) is 2.90. The number of carbonyl (C=O) groups is 2. The van der Waals surface area contributed by atoms with Crippen molar-refractivity contribution < 1.29 is 19.1 Å². The Balaban J connectivity index is 1.87. The first-order chi connectivity index (χ1) is 13.0. The maximum Gasteiger partial charge on any atom is 0.293 e. The summed E-state index contributed by atoms with van der Waals surface area (Å²) >= 11 is 4.40. The van der Waals surface area contributed by atoms with Gasteiger partial charge in [-0.15, -0.1) is 0 Å². The minimum absolute atomic E-state index is 0.263. The first kappa shape index (κ1) is 19.5. The van der Waals surface area contributed by atoms with Crippen molar-refractivity contribution in [2.45, 2.75) is 13.5 Å². The van der Waals surface area contributed by atoms with Crippen molar-refractivity contribution in [3.8, 4) is 11.5 Å². The Labute approximate surface area is 170 Å². The maximum atomic E-state index is 12.7. The number of methoxy groups -OCH3 is 1. The van der Waals surface area contributed by atoms with Gasteiger partial charge in [0.25, 0.3) is 11.1 Å². The lowest BCUT2D eigenvalue weighted by atomic mass is 10.1. The van der Waals surface area contributed by atoms with Crippen LogP contribution in [-0.4, -0.2) is 29.8 Å². The van der Waals surface area contributed by atoms with Crippen LogP contribution in [0.2, 0.25) is 0 Å². The number of benzene rings is 2. The highest BCUT2D eigenvalue weighted by Gasteiger charge is 2.35. The zero-order chi connectivity index (χ0) is 19.4. The molecule has 0 radical (unpaired) electrons. The van der Waals surface area contributed by atoms with Crippen LogP contribution in [0.15, 0.2) is 51.8 Å². The van der Waals surface area contributed by atoms with E-state index in [0.29, 0.717) is 27.5 Å². The maximum absolute atomic E-state index is 12.7. The van der Waals surface area contributed by atoms with E-state index in [-0.39, 0.29) is 17.7 Å². The first-order valence-electron chi connectivity index (χ1n) is 8.33. The Bertz CT molecular complexity index is 898. The van der Waals surface area contributed by atoms with Gasteiger partial charge in [-0.1, -0.05) is 30.3 Å². The fourth-order valence-corrected chi connectivity index (χ4v) is 4.15. The van der Waals surface area contributed by atoms with E-state index in [0.717, 1.165) is 22.9 Å². The number of carbonyl (C=O) groups excluding carboxylic acids is 2. The number of imide groups is 1. The Morgan fingerprint density at radius 2 is 1.93 bits per heavy atom. The normalized spacial score (nSPS) is 15.5. The van der Waals surface area contributed by atoms with Crippen LogP contribution in [0.1, 0.15) is 18.1 Å². The minimum Gasteiger partial charge on any atom is -0.492 e. The molecule has 0 unspecified atom stereocenters. The molecular weight excluding hydrogens is 430 g/mol. The molecule has 0 bridgehead atoms. The van der Waals surface area contributed by atoms with E-state index in [4.69, 9.17) is 9.47 Å². The highest BCUT2D eigenvalue weighted by Crippen LogP contribution is 2.39. The van der Waals surface area contributed by atoms with Gasteiger partial charge in [-0.2, -0.15) is 0 Å². The summed E-state index contributed by atoms with van der Waals surface area (Å²) < 4.78 is 11.7. The number of nitrogens with zero attached hydrogens (tertiary/aromatic N) is 1. The summed E-state index contributed by atoms with van der Waals surface area (Å²) in [6.07, 6.45) is 1.70. The van der Waals surface area contributed by atoms with E-state index in [2.05, 4.69) is 15.9 Å². The molecule has 5 nitrogen and oxygen atoms in total. The standard InChI is InChI=1S/C20H18BrNO4S/c1-3-26-16-10-14(9-15(21)18(16)25-2)11-17-19(23)22(20(24)27-17)12-13-7-5-4-6-8-13/h4-11H,3,12H2,1-2H3/b17-11-. The molecular formula is C20H18BrNO4S. The average molecular weight is 448 g/mol. The topological polar surface area (TPSA) is 55.8 Å². The number of amides is 2. The van der Waals surface area contributed by atoms with Crippen LogP contribution >= 0.6 is 27.7 Å². The quantitative estimate of drug-likeness (QED) is 0.576. The molecule has 0 spiro atoms. The van der Waals surface area contributed by atoms with Crippen LogP contribution in [0.3, 0.4) is 0 Å². The van der Waals surface area contributed by atoms with Gasteiger partial charge in [-0.05, 0) is 64.0 Å². The number of hydrogen-bond donors (Lipinski definition) is 0. The van der Waals surface area contributed by atoms with Crippen LogP contribution < -0.4 is 9.47 Å². The molecule has 7 heteroatoms. The molecule has 1 heterocycles. The van der Waals surface area contributed by atoms with Crippen molar-refractivity contribution >= 4 is 44.9 Å². The van der Waals surface area contributed by atoms with E-state index in [1.165, 1.54) is 4.90 Å². The Kier molecular flexibility index (Phi) is 6.23. The van der Waals surface area contributed by atoms with Gasteiger partial charge in [-0.3, -0.25) is 14.5 Å². The van der Waals surface area contributed by atoms with Crippen molar-refractivity contribution in [2.75, 3.05) is 13.7 Å². The van der Waals surface area contributed by atoms with Gasteiger partial charge >= 0.3 is 0 Å². The molecule has 1 saturated heterocycles. The molecule has 0 saturated carbocycles. The smallest absolute Gasteiger partial charge is 0.293 e. The zero-order valence-corrected chi connectivity index (χ0v) is 17.3. The fraction of sp³-hybridized carbons (Fsp3) is 0.200. The van der Waals surface area contributed by atoms with E-state index >= 15 is 0 Å². The highest BCUT2D eigenvalue weighted by molar-refractivity contribution is 9.10. The summed E-state index contributed by atoms with van der Waals surface area (Å²) in [6, 6.07) is 13.1. The van der Waals surface area contributed by atoms with Crippen molar-refractivity contribution in [2.24, 2.45) is 0 Å². The lowest BCUT2D eigenvalue weighted by molar-refractivity contribution is -0.123. The van der Waals surface area contributed by atoms with E-state index in [1.807, 2.05) is 43.3 Å². The number of halogens is 1. The summed E-state index contributed by atoms with van der Waals surface area (Å²) in [6.45, 7) is 2.63. The second-order valence-corrected chi connectivity index (χ2v) is 7.57. The predicted octanol–water partition coefficient (Wildman–Crippen LogP) is 5.09. The summed E-state index contributed by atoms with van der Waals surface area (Å²) in [5.74, 6) is 0.870. The van der Waals surface area contributed by atoms with Gasteiger partial charge in [0.2, 0.25) is 0 Å². The molecule has 0 aliphatic carbocycles. The second-order valence-electron chi connectivity index (χ2n) is 5.72. The highest BCUT2D eigenvalue weighted by atomic mass is 79.9. The van der Waals surface area contributed by atoms with Gasteiger partial charge in [0.05, 0.1) is 29.6 Å². The van der Waals surface area contributed by atoms with E-state index < -0.39 is 0 Å². The largest absolute Gasteiger partial charge is 0.492 e. The van der Waals surface area contributed by atoms with Crippen molar-refractivity contribution in [3.63, 3.8) is 0 Å². The van der Waals surface area contributed by atoms with Gasteiger partial charge in [0.15, 0.2) is 11.5 Å². The van der Waals surface area contributed by atoms with Crippen molar-refractivity contribution in [1.29, 1.82) is 0 Å². The predicted molar refractivity (Wildman–Crippen MR) is 110 cm³/mol. The van der Waals surface area contributed by atoms with Gasteiger partial charge in [-0.25, -0.2) is 0 Å². The molecule has 1 fully saturated rings. The van der Waals surface area contributed by atoms with E-state index in [9.17, 15) is 9.59 Å². The summed E-state index contributed by atoms with van der Waals surface area (Å²) in [7, 11) is 1.57. The summed E-state index contributed by atoms with van der Waals surface area (Å²) in [4.78, 5) is 26.6. The van der Waals surface area contributed by atoms with Gasteiger partial charge in [0, 0.05) is 0 Å². The first-order valence-corrected chi connectivity index (χ1v) is 9.94. The van der Waals surface area contributed by atoms with Gasteiger partial charge < -0.3 is 9.47 Å². The van der Waals surface area contributed by atoms with Crippen LogP contribution in [-0.2, 0) is 11.3 Å². The number of thioether (sulfide) groups is 1. The van der Waals surface area contributed by atoms with Crippen LogP contribution in [0.25, 0.3) is 6.08 Å². The van der Waals surface area contributed by atoms with Gasteiger partial charge in [0.1, 0.15) is 0 Å². The molecule has 0 N–H and O–H groups in total. The molecule has 2 aromatic carbocycles. The molecule has 2 amide bonds. The van der Waals surface area contributed by atoms with Crippen LogP contribution in [0, 0.1) is 0 Å². The molecule has 0 atom stereocenters. The molecule has 1 aliphatic rings. The molecule has 140 valence electrons. The number of hydrogen-bond acceptors (Lipinski definition) is 5. The lowest BCUT2D eigenvalue weighted by Gasteiger charge is -2.13. The molecule has 27 heavy (non-hydrogen) atoms. The van der Waals surface area contributed by atoms with Crippen LogP contribution in [0.5, 0.6) is 11.5 Å². The Morgan fingerprint density at radius 3 is 2.59 bits per heavy atom. The molecule has 2 aromatic rings. The monoisotopic (exact) mass is 447 g/mol. The second kappa shape index (κ2) is 8.63.